The molecule has 0 aliphatic heterocycles. The van der Waals surface area contributed by atoms with Crippen LogP contribution in [-0.4, -0.2) is 31.5 Å². The lowest BCUT2D eigenvalue weighted by Gasteiger charge is -2.18. The molecule has 1 N–H and O–H groups in total. The molecule has 23 heavy (non-hydrogen) atoms. The second kappa shape index (κ2) is 8.34. The summed E-state index contributed by atoms with van der Waals surface area (Å²) in [6.45, 7) is 1.56. The van der Waals surface area contributed by atoms with E-state index in [0.29, 0.717) is 12.2 Å². The average Bonchev–Trinajstić information content (AvgIpc) is 2.54. The van der Waals surface area contributed by atoms with Crippen molar-refractivity contribution in [3.63, 3.8) is 0 Å². The van der Waals surface area contributed by atoms with Crippen molar-refractivity contribution in [2.24, 2.45) is 0 Å². The highest BCUT2D eigenvalue weighted by Crippen LogP contribution is 2.23. The molecule has 122 valence electrons. The van der Waals surface area contributed by atoms with Crippen LogP contribution in [0.15, 0.2) is 48.5 Å². The molecule has 0 spiro atoms. The molecular weight excluding hydrogens is 288 g/mol. The summed E-state index contributed by atoms with van der Waals surface area (Å²) in [5.41, 5.74) is 3.03. The Morgan fingerprint density at radius 2 is 1.83 bits per heavy atom. The summed E-state index contributed by atoms with van der Waals surface area (Å²) in [4.78, 5) is 13.5. The smallest absolute Gasteiger partial charge is 0.0736 e. The van der Waals surface area contributed by atoms with Gasteiger partial charge in [0.2, 0.25) is 0 Å². The van der Waals surface area contributed by atoms with E-state index in [1.54, 1.807) is 12.1 Å². The van der Waals surface area contributed by atoms with Gasteiger partial charge in [0.05, 0.1) is 5.97 Å². The normalized spacial score (nSPS) is 10.7. The average molecular weight is 311 g/mol. The fourth-order valence-corrected chi connectivity index (χ4v) is 2.56. The van der Waals surface area contributed by atoms with E-state index < -0.39 is 5.97 Å². The zero-order valence-electron chi connectivity index (χ0n) is 13.7. The van der Waals surface area contributed by atoms with Crippen LogP contribution in [0.5, 0.6) is 0 Å². The summed E-state index contributed by atoms with van der Waals surface area (Å²) in [6, 6.07) is 15.3. The summed E-state index contributed by atoms with van der Waals surface area (Å²) < 4.78 is 0. The Morgan fingerprint density at radius 3 is 2.48 bits per heavy atom. The monoisotopic (exact) mass is 311 g/mol. The molecule has 4 nitrogen and oxygen atoms in total. The van der Waals surface area contributed by atoms with Crippen LogP contribution >= 0.6 is 0 Å². The molecule has 0 heterocycles. The third-order valence-electron chi connectivity index (χ3n) is 3.73. The predicted molar refractivity (Wildman–Crippen MR) is 91.4 cm³/mol. The van der Waals surface area contributed by atoms with E-state index in [1.807, 2.05) is 50.5 Å². The van der Waals surface area contributed by atoms with Gasteiger partial charge in [0.25, 0.3) is 0 Å². The predicted octanol–water partition coefficient (Wildman–Crippen LogP) is 2.16. The molecule has 2 aromatic carbocycles. The van der Waals surface area contributed by atoms with E-state index in [4.69, 9.17) is 0 Å². The lowest BCUT2D eigenvalue weighted by Crippen LogP contribution is -2.24. The van der Waals surface area contributed by atoms with E-state index in [-0.39, 0.29) is 5.56 Å². The molecule has 0 atom stereocenters. The summed E-state index contributed by atoms with van der Waals surface area (Å²) in [5, 5.41) is 14.7. The molecule has 2 rings (SSSR count). The number of para-hydroxylation sites is 1. The number of aryl methyl sites for hydroxylation is 1. The van der Waals surface area contributed by atoms with Crippen LogP contribution in [0.3, 0.4) is 0 Å². The third kappa shape index (κ3) is 5.11. The molecule has 0 aromatic heterocycles. The minimum Gasteiger partial charge on any atom is -0.545 e. The maximum atomic E-state index is 11.4. The third-order valence-corrected chi connectivity index (χ3v) is 3.73. The van der Waals surface area contributed by atoms with Crippen molar-refractivity contribution in [2.75, 3.05) is 26.0 Å². The number of carbonyl (C=O) groups is 1. The minimum absolute atomic E-state index is 0.225. The fourth-order valence-electron chi connectivity index (χ4n) is 2.56. The van der Waals surface area contributed by atoms with Gasteiger partial charge in [-0.15, -0.1) is 0 Å². The zero-order valence-corrected chi connectivity index (χ0v) is 13.7. The summed E-state index contributed by atoms with van der Waals surface area (Å²) in [5.74, 6) is -1.14. The Kier molecular flexibility index (Phi) is 6.18. The molecule has 0 unspecified atom stereocenters. The Labute approximate surface area is 137 Å². The first-order chi connectivity index (χ1) is 11.1. The second-order valence-corrected chi connectivity index (χ2v) is 5.87. The first kappa shape index (κ1) is 17.0. The lowest BCUT2D eigenvalue weighted by atomic mass is 10.0. The van der Waals surface area contributed by atoms with E-state index in [0.717, 1.165) is 30.5 Å². The number of rotatable bonds is 8. The molecule has 0 aliphatic rings. The van der Waals surface area contributed by atoms with Gasteiger partial charge in [0.15, 0.2) is 0 Å². The van der Waals surface area contributed by atoms with Crippen molar-refractivity contribution in [3.8, 4) is 0 Å². The maximum Gasteiger partial charge on any atom is 0.0736 e. The highest BCUT2D eigenvalue weighted by Gasteiger charge is 2.09. The number of carboxylic acids is 1. The van der Waals surface area contributed by atoms with Crippen LogP contribution in [0.2, 0.25) is 0 Å². The molecule has 0 saturated heterocycles. The number of benzene rings is 2. The van der Waals surface area contributed by atoms with Gasteiger partial charge < -0.3 is 20.1 Å². The molecule has 0 radical (unpaired) electrons. The van der Waals surface area contributed by atoms with Crippen LogP contribution in [0.1, 0.15) is 27.9 Å². The van der Waals surface area contributed by atoms with Crippen LogP contribution in [-0.2, 0) is 13.0 Å². The molecule has 0 bridgehead atoms. The molecule has 2 aromatic rings. The van der Waals surface area contributed by atoms with Crippen molar-refractivity contribution in [1.82, 2.24) is 4.90 Å². The van der Waals surface area contributed by atoms with Gasteiger partial charge in [-0.25, -0.2) is 0 Å². The van der Waals surface area contributed by atoms with Crippen molar-refractivity contribution in [2.45, 2.75) is 19.4 Å². The van der Waals surface area contributed by atoms with E-state index in [2.05, 4.69) is 10.2 Å². The van der Waals surface area contributed by atoms with Crippen LogP contribution < -0.4 is 10.4 Å². The zero-order chi connectivity index (χ0) is 16.7. The largest absolute Gasteiger partial charge is 0.545 e. The Balaban J connectivity index is 2.17. The summed E-state index contributed by atoms with van der Waals surface area (Å²) in [7, 11) is 4.07. The standard InChI is InChI=1S/C19H24N2O2/c1-21(2)13-7-11-16-10-6-12-17(19(22)23)18(16)20-14-15-8-4-3-5-9-15/h3-6,8-10,12,20H,7,11,13-14H2,1-2H3,(H,22,23)/p-1. The number of carboxylic acid groups (broad SMARTS) is 1. The number of aromatic carboxylic acids is 1. The maximum absolute atomic E-state index is 11.4. The summed E-state index contributed by atoms with van der Waals surface area (Å²) in [6.07, 6.45) is 1.81. The Morgan fingerprint density at radius 1 is 1.09 bits per heavy atom. The van der Waals surface area contributed by atoms with E-state index >= 15 is 0 Å². The molecule has 0 aliphatic carbocycles. The van der Waals surface area contributed by atoms with Crippen molar-refractivity contribution < 1.29 is 9.90 Å². The summed E-state index contributed by atoms with van der Waals surface area (Å²) >= 11 is 0. The number of anilines is 1. The minimum atomic E-state index is -1.14. The van der Waals surface area contributed by atoms with Gasteiger partial charge >= 0.3 is 0 Å². The molecule has 0 saturated carbocycles. The highest BCUT2D eigenvalue weighted by atomic mass is 16.4. The van der Waals surface area contributed by atoms with Gasteiger partial charge in [-0.1, -0.05) is 48.5 Å². The molecule has 0 amide bonds. The van der Waals surface area contributed by atoms with Crippen LogP contribution in [0.25, 0.3) is 0 Å². The topological polar surface area (TPSA) is 55.4 Å². The first-order valence-corrected chi connectivity index (χ1v) is 7.83. The van der Waals surface area contributed by atoms with Gasteiger partial charge in [-0.05, 0) is 44.6 Å². The fraction of sp³-hybridized carbons (Fsp3) is 0.316. The number of nitrogens with one attached hydrogen (secondary N) is 1. The first-order valence-electron chi connectivity index (χ1n) is 7.83. The molecular formula is C19H23N2O2-. The van der Waals surface area contributed by atoms with E-state index in [9.17, 15) is 9.90 Å². The second-order valence-electron chi connectivity index (χ2n) is 5.87. The van der Waals surface area contributed by atoms with Crippen molar-refractivity contribution in [3.05, 3.63) is 65.2 Å². The number of nitrogens with zero attached hydrogens (tertiary/aromatic N) is 1. The SMILES string of the molecule is CN(C)CCCc1cccc(C(=O)[O-])c1NCc1ccccc1. The Bertz CT molecular complexity index is 639. The molecule has 0 fully saturated rings. The van der Waals surface area contributed by atoms with Crippen LogP contribution in [0.4, 0.5) is 5.69 Å². The Hall–Kier alpha value is -2.33. The number of carbonyl (C=O) groups excluding carboxylic acids is 1. The molecule has 4 heteroatoms. The van der Waals surface area contributed by atoms with Crippen LogP contribution in [0, 0.1) is 0 Å². The van der Waals surface area contributed by atoms with E-state index in [1.165, 1.54) is 0 Å². The van der Waals surface area contributed by atoms with Crippen molar-refractivity contribution >= 4 is 11.7 Å². The lowest BCUT2D eigenvalue weighted by molar-refractivity contribution is -0.254. The van der Waals surface area contributed by atoms with Gasteiger partial charge in [0, 0.05) is 17.8 Å². The van der Waals surface area contributed by atoms with Gasteiger partial charge in [-0.3, -0.25) is 0 Å². The quantitative estimate of drug-likeness (QED) is 0.811. The van der Waals surface area contributed by atoms with Crippen molar-refractivity contribution in [1.29, 1.82) is 0 Å². The highest BCUT2D eigenvalue weighted by molar-refractivity contribution is 5.93. The number of hydrogen-bond donors (Lipinski definition) is 1. The van der Waals surface area contributed by atoms with Gasteiger partial charge in [-0.2, -0.15) is 0 Å². The number of hydrogen-bond acceptors (Lipinski definition) is 4. The van der Waals surface area contributed by atoms with Gasteiger partial charge in [0.1, 0.15) is 0 Å².